The van der Waals surface area contributed by atoms with Gasteiger partial charge in [-0.15, -0.1) is 0 Å². The van der Waals surface area contributed by atoms with Crippen LogP contribution in [-0.2, 0) is 28.7 Å². The Balaban J connectivity index is 1.60. The number of aliphatic hydroxyl groups is 3. The first-order valence-corrected chi connectivity index (χ1v) is 9.40. The van der Waals surface area contributed by atoms with Crippen LogP contribution in [0, 0.1) is 6.92 Å². The lowest BCUT2D eigenvalue weighted by atomic mass is 9.85. The van der Waals surface area contributed by atoms with Crippen LogP contribution in [0.2, 0.25) is 0 Å². The van der Waals surface area contributed by atoms with Gasteiger partial charge in [0.1, 0.15) is 24.4 Å². The number of rotatable bonds is 4. The average molecular weight is 370 g/mol. The second-order valence-corrected chi connectivity index (χ2v) is 7.60. The minimum atomic E-state index is -1.33. The molecule has 1 fully saturated rings. The molecule has 1 saturated heterocycles. The zero-order valence-electron chi connectivity index (χ0n) is 15.6. The summed E-state index contributed by atoms with van der Waals surface area (Å²) in [5.41, 5.74) is 7.23. The molecule has 1 aliphatic heterocycles. The molecule has 0 spiro atoms. The van der Waals surface area contributed by atoms with Crippen molar-refractivity contribution in [2.24, 2.45) is 0 Å². The molecule has 2 aliphatic rings. The zero-order valence-corrected chi connectivity index (χ0v) is 15.6. The molecule has 144 valence electrons. The van der Waals surface area contributed by atoms with Gasteiger partial charge in [-0.2, -0.15) is 0 Å². The summed E-state index contributed by atoms with van der Waals surface area (Å²) < 4.78 is 10.8. The van der Waals surface area contributed by atoms with Crippen molar-refractivity contribution >= 4 is 0 Å². The molecule has 4 rings (SSSR count). The Bertz CT molecular complexity index is 831. The lowest BCUT2D eigenvalue weighted by molar-refractivity contribution is -0.292. The average Bonchev–Trinajstić information content (AvgIpc) is 2.64. The number of benzene rings is 2. The first kappa shape index (κ1) is 18.6. The maximum Gasteiger partial charge on any atom is 0.186 e. The molecule has 0 aromatic heterocycles. The number of hydrogen-bond acceptors (Lipinski definition) is 5. The van der Waals surface area contributed by atoms with Gasteiger partial charge in [-0.3, -0.25) is 0 Å². The fraction of sp³-hybridized carbons (Fsp3) is 0.455. The van der Waals surface area contributed by atoms with Crippen LogP contribution >= 0.6 is 0 Å². The van der Waals surface area contributed by atoms with Crippen LogP contribution in [0.1, 0.15) is 39.5 Å². The standard InChI is InChI=1S/C22H26O5/c1-12-3-5-16(21-19(24)18(23)20(25)22(26-2)27-21)11-17(12)10-13-4-6-14-7-8-15(14)9-13/h3-6,9,11,18-25H,7-8,10H2,1-2H3/t18-,19-,20+,21+,22+/m1/s1. The number of hydrogen-bond donors (Lipinski definition) is 3. The van der Waals surface area contributed by atoms with E-state index >= 15 is 0 Å². The first-order chi connectivity index (χ1) is 13.0. The van der Waals surface area contributed by atoms with E-state index in [1.807, 2.05) is 18.2 Å². The van der Waals surface area contributed by atoms with Gasteiger partial charge in [-0.25, -0.2) is 0 Å². The van der Waals surface area contributed by atoms with Gasteiger partial charge < -0.3 is 24.8 Å². The van der Waals surface area contributed by atoms with E-state index in [1.165, 1.54) is 30.2 Å². The van der Waals surface area contributed by atoms with E-state index in [4.69, 9.17) is 9.47 Å². The molecule has 0 saturated carbocycles. The quantitative estimate of drug-likeness (QED) is 0.765. The maximum atomic E-state index is 10.4. The van der Waals surface area contributed by atoms with E-state index in [9.17, 15) is 15.3 Å². The maximum absolute atomic E-state index is 10.4. The molecule has 3 N–H and O–H groups in total. The van der Waals surface area contributed by atoms with Crippen molar-refractivity contribution in [3.63, 3.8) is 0 Å². The number of methoxy groups -OCH3 is 1. The van der Waals surface area contributed by atoms with Crippen molar-refractivity contribution in [2.45, 2.75) is 56.9 Å². The zero-order chi connectivity index (χ0) is 19.1. The number of fused-ring (bicyclic) bond motifs is 1. The van der Waals surface area contributed by atoms with Crippen molar-refractivity contribution < 1.29 is 24.8 Å². The van der Waals surface area contributed by atoms with Gasteiger partial charge in [0.25, 0.3) is 0 Å². The Labute approximate surface area is 159 Å². The fourth-order valence-electron chi connectivity index (χ4n) is 3.96. The molecule has 5 nitrogen and oxygen atoms in total. The Kier molecular flexibility index (Phi) is 5.05. The highest BCUT2D eigenvalue weighted by Crippen LogP contribution is 2.34. The monoisotopic (exact) mass is 370 g/mol. The molecule has 5 atom stereocenters. The van der Waals surface area contributed by atoms with Gasteiger partial charge in [0.05, 0.1) is 0 Å². The summed E-state index contributed by atoms with van der Waals surface area (Å²) in [4.78, 5) is 0. The number of ether oxygens (including phenoxy) is 2. The summed E-state index contributed by atoms with van der Waals surface area (Å²) in [7, 11) is 1.40. The van der Waals surface area contributed by atoms with E-state index in [0.29, 0.717) is 0 Å². The molecule has 2 aromatic carbocycles. The SMILES string of the molecule is CO[C@H]1O[C@@H](c2ccc(C)c(Cc3ccc4c(c3)CC4)c2)[C@H](O)[C@@H](O)[C@@H]1O. The van der Waals surface area contributed by atoms with Crippen LogP contribution in [0.4, 0.5) is 0 Å². The van der Waals surface area contributed by atoms with Crippen LogP contribution in [-0.4, -0.2) is 47.0 Å². The molecular weight excluding hydrogens is 344 g/mol. The third-order valence-corrected chi connectivity index (χ3v) is 5.83. The predicted molar refractivity (Wildman–Crippen MR) is 100 cm³/mol. The van der Waals surface area contributed by atoms with Crippen LogP contribution in [0.5, 0.6) is 0 Å². The summed E-state index contributed by atoms with van der Waals surface area (Å²) >= 11 is 0. The summed E-state index contributed by atoms with van der Waals surface area (Å²) in [5, 5.41) is 30.5. The van der Waals surface area contributed by atoms with Crippen molar-refractivity contribution in [3.05, 3.63) is 69.8 Å². The molecule has 0 radical (unpaired) electrons. The molecule has 5 heteroatoms. The van der Waals surface area contributed by atoms with Crippen molar-refractivity contribution in [1.82, 2.24) is 0 Å². The van der Waals surface area contributed by atoms with Crippen LogP contribution in [0.15, 0.2) is 36.4 Å². The Hall–Kier alpha value is -1.76. The molecular formula is C22H26O5. The molecule has 0 bridgehead atoms. The van der Waals surface area contributed by atoms with Gasteiger partial charge in [0.15, 0.2) is 6.29 Å². The van der Waals surface area contributed by atoms with E-state index in [-0.39, 0.29) is 0 Å². The Morgan fingerprint density at radius 1 is 0.963 bits per heavy atom. The van der Waals surface area contributed by atoms with E-state index in [2.05, 4.69) is 25.1 Å². The minimum Gasteiger partial charge on any atom is -0.387 e. The predicted octanol–water partition coefficient (Wildman–Crippen LogP) is 1.81. The molecule has 2 aromatic rings. The number of aryl methyl sites for hydroxylation is 3. The summed E-state index contributed by atoms with van der Waals surface area (Å²) in [6, 6.07) is 12.6. The molecule has 1 heterocycles. The van der Waals surface area contributed by atoms with Crippen LogP contribution in [0.3, 0.4) is 0 Å². The summed E-state index contributed by atoms with van der Waals surface area (Å²) in [6.07, 6.45) is -2.44. The van der Waals surface area contributed by atoms with Crippen LogP contribution in [0.25, 0.3) is 0 Å². The largest absolute Gasteiger partial charge is 0.387 e. The van der Waals surface area contributed by atoms with Crippen molar-refractivity contribution in [3.8, 4) is 0 Å². The molecule has 1 aliphatic carbocycles. The third-order valence-electron chi connectivity index (χ3n) is 5.83. The summed E-state index contributed by atoms with van der Waals surface area (Å²) in [5.74, 6) is 0. The van der Waals surface area contributed by atoms with Gasteiger partial charge in [0.2, 0.25) is 0 Å². The van der Waals surface area contributed by atoms with E-state index in [0.717, 1.165) is 29.5 Å². The number of aliphatic hydroxyl groups excluding tert-OH is 3. The lowest BCUT2D eigenvalue weighted by Crippen LogP contribution is -2.54. The van der Waals surface area contributed by atoms with E-state index < -0.39 is 30.7 Å². The highest BCUT2D eigenvalue weighted by molar-refractivity contribution is 5.42. The molecule has 27 heavy (non-hydrogen) atoms. The van der Waals surface area contributed by atoms with E-state index in [1.54, 1.807) is 0 Å². The molecule has 0 unspecified atom stereocenters. The second kappa shape index (κ2) is 7.34. The van der Waals surface area contributed by atoms with Gasteiger partial charge in [-0.05, 0) is 59.6 Å². The lowest BCUT2D eigenvalue weighted by Gasteiger charge is -2.40. The molecule has 0 amide bonds. The summed E-state index contributed by atoms with van der Waals surface area (Å²) in [6.45, 7) is 2.06. The smallest absolute Gasteiger partial charge is 0.186 e. The topological polar surface area (TPSA) is 79.2 Å². The van der Waals surface area contributed by atoms with Gasteiger partial charge in [0, 0.05) is 7.11 Å². The Morgan fingerprint density at radius 2 is 1.74 bits per heavy atom. The first-order valence-electron chi connectivity index (χ1n) is 9.40. The van der Waals surface area contributed by atoms with Gasteiger partial charge >= 0.3 is 0 Å². The van der Waals surface area contributed by atoms with Gasteiger partial charge in [-0.1, -0.05) is 36.4 Å². The minimum absolute atomic E-state index is 0.760. The highest BCUT2D eigenvalue weighted by atomic mass is 16.7. The third kappa shape index (κ3) is 3.42. The van der Waals surface area contributed by atoms with Crippen LogP contribution < -0.4 is 0 Å². The Morgan fingerprint density at radius 3 is 2.41 bits per heavy atom. The van der Waals surface area contributed by atoms with Crippen molar-refractivity contribution in [2.75, 3.05) is 7.11 Å². The highest BCUT2D eigenvalue weighted by Gasteiger charge is 2.44. The van der Waals surface area contributed by atoms with Crippen molar-refractivity contribution in [1.29, 1.82) is 0 Å². The second-order valence-electron chi connectivity index (χ2n) is 7.60. The fourth-order valence-corrected chi connectivity index (χ4v) is 3.96. The normalized spacial score (nSPS) is 29.9.